The monoisotopic (exact) mass is 402 g/mol. The summed E-state index contributed by atoms with van der Waals surface area (Å²) in [5.41, 5.74) is 3.54. The van der Waals surface area contributed by atoms with Crippen LogP contribution < -0.4 is 9.47 Å². The molecule has 5 nitrogen and oxygen atoms in total. The number of aryl methyl sites for hydroxylation is 1. The number of rotatable bonds is 4. The van der Waals surface area contributed by atoms with E-state index >= 15 is 0 Å². The third kappa shape index (κ3) is 3.22. The highest BCUT2D eigenvalue weighted by Gasteiger charge is 2.18. The van der Waals surface area contributed by atoms with Crippen molar-refractivity contribution in [1.82, 2.24) is 0 Å². The van der Waals surface area contributed by atoms with Gasteiger partial charge in [0.2, 0.25) is 6.79 Å². The quantitative estimate of drug-likeness (QED) is 0.600. The van der Waals surface area contributed by atoms with Crippen LogP contribution in [-0.2, 0) is 22.6 Å². The molecule has 6 heteroatoms. The van der Waals surface area contributed by atoms with Crippen molar-refractivity contribution in [2.24, 2.45) is 0 Å². The second kappa shape index (κ2) is 6.44. The van der Waals surface area contributed by atoms with Crippen molar-refractivity contribution < 1.29 is 23.4 Å². The molecule has 3 aromatic rings. The van der Waals surface area contributed by atoms with Crippen molar-refractivity contribution in [2.45, 2.75) is 20.0 Å². The Labute approximate surface area is 152 Å². The highest BCUT2D eigenvalue weighted by molar-refractivity contribution is 9.10. The number of furan rings is 1. The van der Waals surface area contributed by atoms with E-state index in [1.807, 2.05) is 37.3 Å². The molecule has 1 aromatic heterocycles. The average Bonchev–Trinajstić information content (AvgIpc) is 3.19. The first-order valence-corrected chi connectivity index (χ1v) is 8.60. The molecular weight excluding hydrogens is 388 g/mol. The molecule has 0 spiro atoms. The van der Waals surface area contributed by atoms with E-state index in [9.17, 15) is 4.79 Å². The van der Waals surface area contributed by atoms with Gasteiger partial charge in [0.25, 0.3) is 0 Å². The molecule has 0 saturated heterocycles. The number of hydrogen-bond acceptors (Lipinski definition) is 5. The predicted molar refractivity (Wildman–Crippen MR) is 94.7 cm³/mol. The predicted octanol–water partition coefficient (Wildman–Crippen LogP) is 4.52. The summed E-state index contributed by atoms with van der Waals surface area (Å²) in [5, 5.41) is 0.937. The minimum Gasteiger partial charge on any atom is -0.464 e. The number of esters is 1. The lowest BCUT2D eigenvalue weighted by Gasteiger charge is -2.08. The van der Waals surface area contributed by atoms with Crippen molar-refractivity contribution in [3.8, 4) is 11.5 Å². The van der Waals surface area contributed by atoms with Crippen molar-refractivity contribution in [3.05, 3.63) is 57.8 Å². The van der Waals surface area contributed by atoms with E-state index in [1.54, 1.807) is 6.26 Å². The van der Waals surface area contributed by atoms with E-state index in [0.29, 0.717) is 11.5 Å². The van der Waals surface area contributed by atoms with E-state index in [2.05, 4.69) is 15.9 Å². The minimum atomic E-state index is -0.312. The van der Waals surface area contributed by atoms with Crippen LogP contribution in [0, 0.1) is 6.92 Å². The van der Waals surface area contributed by atoms with Crippen molar-refractivity contribution >= 4 is 32.9 Å². The molecule has 0 amide bonds. The first kappa shape index (κ1) is 16.0. The normalized spacial score (nSPS) is 12.6. The fraction of sp³-hybridized carbons (Fsp3) is 0.211. The second-order valence-electron chi connectivity index (χ2n) is 5.89. The topological polar surface area (TPSA) is 57.9 Å². The largest absolute Gasteiger partial charge is 0.464 e. The van der Waals surface area contributed by atoms with Gasteiger partial charge in [0.05, 0.1) is 12.7 Å². The first-order chi connectivity index (χ1) is 12.1. The van der Waals surface area contributed by atoms with Crippen LogP contribution in [0.15, 0.2) is 45.5 Å². The zero-order valence-corrected chi connectivity index (χ0v) is 15.1. The molecule has 128 valence electrons. The summed E-state index contributed by atoms with van der Waals surface area (Å²) in [6, 6.07) is 9.54. The SMILES string of the molecule is Cc1ccc2c(CC(=O)OCc3cc4c(cc3Br)OCO4)coc2c1. The Hall–Kier alpha value is -2.47. The van der Waals surface area contributed by atoms with Crippen LogP contribution in [0.5, 0.6) is 11.5 Å². The second-order valence-corrected chi connectivity index (χ2v) is 6.75. The van der Waals surface area contributed by atoms with Crippen LogP contribution in [-0.4, -0.2) is 12.8 Å². The zero-order chi connectivity index (χ0) is 17.4. The smallest absolute Gasteiger partial charge is 0.310 e. The van der Waals surface area contributed by atoms with Crippen molar-refractivity contribution in [1.29, 1.82) is 0 Å². The Bertz CT molecular complexity index is 960. The molecule has 0 unspecified atom stereocenters. The number of hydrogen-bond donors (Lipinski definition) is 0. The molecule has 4 rings (SSSR count). The number of benzene rings is 2. The Morgan fingerprint density at radius 1 is 1.16 bits per heavy atom. The molecule has 0 radical (unpaired) electrons. The molecule has 1 aliphatic heterocycles. The van der Waals surface area contributed by atoms with E-state index in [4.69, 9.17) is 18.6 Å². The summed E-state index contributed by atoms with van der Waals surface area (Å²) in [6.45, 7) is 2.36. The fourth-order valence-electron chi connectivity index (χ4n) is 2.76. The summed E-state index contributed by atoms with van der Waals surface area (Å²) in [6.07, 6.45) is 1.78. The number of carbonyl (C=O) groups is 1. The maximum absolute atomic E-state index is 12.2. The third-order valence-electron chi connectivity index (χ3n) is 4.08. The Balaban J connectivity index is 1.44. The van der Waals surface area contributed by atoms with Gasteiger partial charge in [0.15, 0.2) is 11.5 Å². The minimum absolute atomic E-state index is 0.158. The van der Waals surface area contributed by atoms with Crippen molar-refractivity contribution in [3.63, 3.8) is 0 Å². The van der Waals surface area contributed by atoms with Crippen LogP contribution in [0.3, 0.4) is 0 Å². The zero-order valence-electron chi connectivity index (χ0n) is 13.5. The van der Waals surface area contributed by atoms with Gasteiger partial charge in [-0.2, -0.15) is 0 Å². The molecular formula is C19H15BrO5. The van der Waals surface area contributed by atoms with Gasteiger partial charge in [0, 0.05) is 21.0 Å². The Kier molecular flexibility index (Phi) is 4.13. The van der Waals surface area contributed by atoms with E-state index in [0.717, 1.165) is 32.1 Å². The van der Waals surface area contributed by atoms with Gasteiger partial charge in [-0.15, -0.1) is 0 Å². The molecule has 0 saturated carbocycles. The number of carbonyl (C=O) groups excluding carboxylic acids is 1. The molecule has 2 heterocycles. The van der Waals surface area contributed by atoms with Crippen LogP contribution in [0.1, 0.15) is 16.7 Å². The van der Waals surface area contributed by atoms with Gasteiger partial charge < -0.3 is 18.6 Å². The molecule has 0 bridgehead atoms. The Morgan fingerprint density at radius 2 is 1.96 bits per heavy atom. The lowest BCUT2D eigenvalue weighted by atomic mass is 10.1. The van der Waals surface area contributed by atoms with E-state index in [1.165, 1.54) is 0 Å². The van der Waals surface area contributed by atoms with E-state index < -0.39 is 0 Å². The van der Waals surface area contributed by atoms with Crippen LogP contribution >= 0.6 is 15.9 Å². The summed E-state index contributed by atoms with van der Waals surface area (Å²) in [4.78, 5) is 12.2. The van der Waals surface area contributed by atoms with Crippen LogP contribution in [0.4, 0.5) is 0 Å². The summed E-state index contributed by atoms with van der Waals surface area (Å²) in [5.74, 6) is 1.03. The lowest BCUT2D eigenvalue weighted by Crippen LogP contribution is -2.08. The standard InChI is InChI=1S/C19H15BrO5/c1-11-2-3-14-12(8-22-16(14)4-11)6-19(21)23-9-13-5-17-18(7-15(13)20)25-10-24-17/h2-5,7-8H,6,9-10H2,1H3. The molecule has 0 atom stereocenters. The van der Waals surface area contributed by atoms with Gasteiger partial charge in [-0.1, -0.05) is 28.1 Å². The summed E-state index contributed by atoms with van der Waals surface area (Å²) < 4.78 is 22.4. The maximum Gasteiger partial charge on any atom is 0.310 e. The van der Waals surface area contributed by atoms with Gasteiger partial charge in [-0.05, 0) is 30.7 Å². The third-order valence-corrected chi connectivity index (χ3v) is 4.81. The lowest BCUT2D eigenvalue weighted by molar-refractivity contribution is -0.144. The van der Waals surface area contributed by atoms with E-state index in [-0.39, 0.29) is 25.8 Å². The number of ether oxygens (including phenoxy) is 3. The highest BCUT2D eigenvalue weighted by Crippen LogP contribution is 2.37. The number of halogens is 1. The van der Waals surface area contributed by atoms with Crippen molar-refractivity contribution in [2.75, 3.05) is 6.79 Å². The maximum atomic E-state index is 12.2. The summed E-state index contributed by atoms with van der Waals surface area (Å²) in [7, 11) is 0. The van der Waals surface area contributed by atoms with Crippen LogP contribution in [0.2, 0.25) is 0 Å². The molecule has 1 aliphatic rings. The molecule has 25 heavy (non-hydrogen) atoms. The highest BCUT2D eigenvalue weighted by atomic mass is 79.9. The molecule has 0 fully saturated rings. The Morgan fingerprint density at radius 3 is 2.80 bits per heavy atom. The first-order valence-electron chi connectivity index (χ1n) is 7.80. The molecule has 0 N–H and O–H groups in total. The summed E-state index contributed by atoms with van der Waals surface area (Å²) >= 11 is 3.46. The number of fused-ring (bicyclic) bond motifs is 2. The average molecular weight is 403 g/mol. The van der Waals surface area contributed by atoms with Gasteiger partial charge in [0.1, 0.15) is 12.2 Å². The fourth-order valence-corrected chi connectivity index (χ4v) is 3.20. The van der Waals surface area contributed by atoms with Crippen LogP contribution in [0.25, 0.3) is 11.0 Å². The molecule has 0 aliphatic carbocycles. The molecule has 2 aromatic carbocycles. The van der Waals surface area contributed by atoms with Gasteiger partial charge in [-0.3, -0.25) is 4.79 Å². The van der Waals surface area contributed by atoms with Gasteiger partial charge in [-0.25, -0.2) is 0 Å². The van der Waals surface area contributed by atoms with Gasteiger partial charge >= 0.3 is 5.97 Å².